The summed E-state index contributed by atoms with van der Waals surface area (Å²) in [6.07, 6.45) is 0.618. The molecule has 1 aliphatic heterocycles. The Morgan fingerprint density at radius 2 is 2.32 bits per heavy atom. The Labute approximate surface area is 112 Å². The number of aryl methyl sites for hydroxylation is 1. The number of likely N-dealkylation sites (N-methyl/N-ethyl adjacent to an activating group) is 1. The van der Waals surface area contributed by atoms with Gasteiger partial charge in [0.05, 0.1) is 12.1 Å². The number of halogens is 1. The Kier molecular flexibility index (Phi) is 3.87. The minimum atomic E-state index is -0.881. The van der Waals surface area contributed by atoms with Crippen molar-refractivity contribution in [2.24, 2.45) is 0 Å². The number of β-amino-alcohol motifs (C(OH)–C–C–N with tert-alkyl or cyclic N) is 1. The summed E-state index contributed by atoms with van der Waals surface area (Å²) < 4.78 is 13.5. The van der Waals surface area contributed by atoms with E-state index in [4.69, 9.17) is 0 Å². The van der Waals surface area contributed by atoms with E-state index in [1.807, 2.05) is 0 Å². The van der Waals surface area contributed by atoms with Crippen LogP contribution in [0.1, 0.15) is 22.3 Å². The topological polar surface area (TPSA) is 52.6 Å². The second kappa shape index (κ2) is 5.27. The lowest BCUT2D eigenvalue weighted by Crippen LogP contribution is -2.45. The Balaban J connectivity index is 2.08. The van der Waals surface area contributed by atoms with Gasteiger partial charge < -0.3 is 15.3 Å². The Morgan fingerprint density at radius 3 is 2.89 bits per heavy atom. The number of carbonyl (C=O) groups excluding carboxylic acids is 1. The molecule has 1 heterocycles. The van der Waals surface area contributed by atoms with Crippen LogP contribution < -0.4 is 5.32 Å². The third-order valence-electron chi connectivity index (χ3n) is 3.52. The van der Waals surface area contributed by atoms with Crippen LogP contribution in [0.15, 0.2) is 18.2 Å². The van der Waals surface area contributed by atoms with E-state index >= 15 is 0 Å². The molecule has 19 heavy (non-hydrogen) atoms. The molecule has 1 amide bonds. The number of amides is 1. The van der Waals surface area contributed by atoms with Crippen molar-refractivity contribution in [1.29, 1.82) is 0 Å². The van der Waals surface area contributed by atoms with Crippen molar-refractivity contribution in [3.05, 3.63) is 35.1 Å². The smallest absolute Gasteiger partial charge is 0.253 e. The van der Waals surface area contributed by atoms with Gasteiger partial charge >= 0.3 is 0 Å². The first-order chi connectivity index (χ1) is 8.91. The van der Waals surface area contributed by atoms with Gasteiger partial charge in [-0.1, -0.05) is 6.07 Å². The van der Waals surface area contributed by atoms with Gasteiger partial charge in [-0.05, 0) is 37.6 Å². The standard InChI is InChI=1S/C14H19FN2O2/c1-10-3-4-11(7-12(10)15)13(18)17(2)9-14(19)5-6-16-8-14/h3-4,7,16,19H,5-6,8-9H2,1-2H3. The molecular formula is C14H19FN2O2. The molecule has 0 aliphatic carbocycles. The fraction of sp³-hybridized carbons (Fsp3) is 0.500. The summed E-state index contributed by atoms with van der Waals surface area (Å²) in [5, 5.41) is 13.3. The molecule has 0 radical (unpaired) electrons. The van der Waals surface area contributed by atoms with E-state index in [1.165, 1.54) is 11.0 Å². The van der Waals surface area contributed by atoms with Gasteiger partial charge in [-0.2, -0.15) is 0 Å². The Morgan fingerprint density at radius 1 is 1.58 bits per heavy atom. The minimum Gasteiger partial charge on any atom is -0.387 e. The van der Waals surface area contributed by atoms with Gasteiger partial charge in [0.2, 0.25) is 0 Å². The molecule has 1 fully saturated rings. The van der Waals surface area contributed by atoms with E-state index < -0.39 is 5.60 Å². The number of nitrogens with zero attached hydrogens (tertiary/aromatic N) is 1. The first-order valence-electron chi connectivity index (χ1n) is 6.36. The first-order valence-corrected chi connectivity index (χ1v) is 6.36. The molecule has 1 aromatic carbocycles. The maximum atomic E-state index is 13.5. The van der Waals surface area contributed by atoms with E-state index in [1.54, 1.807) is 26.1 Å². The number of hydrogen-bond acceptors (Lipinski definition) is 3. The third kappa shape index (κ3) is 3.11. The number of benzene rings is 1. The highest BCUT2D eigenvalue weighted by molar-refractivity contribution is 5.94. The van der Waals surface area contributed by atoms with Crippen molar-refractivity contribution >= 4 is 5.91 Å². The number of carbonyl (C=O) groups is 1. The van der Waals surface area contributed by atoms with E-state index in [0.717, 1.165) is 6.54 Å². The average Bonchev–Trinajstić information content (AvgIpc) is 2.78. The number of hydrogen-bond donors (Lipinski definition) is 2. The van der Waals surface area contributed by atoms with Crippen molar-refractivity contribution in [3.63, 3.8) is 0 Å². The summed E-state index contributed by atoms with van der Waals surface area (Å²) in [5.74, 6) is -0.667. The van der Waals surface area contributed by atoms with Crippen LogP contribution in [0.5, 0.6) is 0 Å². The predicted octanol–water partition coefficient (Wildman–Crippen LogP) is 0.931. The number of nitrogens with one attached hydrogen (secondary N) is 1. The van der Waals surface area contributed by atoms with E-state index in [9.17, 15) is 14.3 Å². The summed E-state index contributed by atoms with van der Waals surface area (Å²) in [6.45, 7) is 3.12. The molecule has 2 rings (SSSR count). The summed E-state index contributed by atoms with van der Waals surface area (Å²) >= 11 is 0. The van der Waals surface area contributed by atoms with Crippen molar-refractivity contribution in [1.82, 2.24) is 10.2 Å². The molecule has 0 saturated carbocycles. The lowest BCUT2D eigenvalue weighted by molar-refractivity contribution is 0.0252. The highest BCUT2D eigenvalue weighted by atomic mass is 19.1. The Hall–Kier alpha value is -1.46. The molecule has 1 unspecified atom stereocenters. The SMILES string of the molecule is Cc1ccc(C(=O)N(C)CC2(O)CCNC2)cc1F. The molecule has 0 aromatic heterocycles. The quantitative estimate of drug-likeness (QED) is 0.856. The molecule has 1 aliphatic rings. The monoisotopic (exact) mass is 266 g/mol. The summed E-state index contributed by atoms with van der Waals surface area (Å²) in [6, 6.07) is 4.43. The molecular weight excluding hydrogens is 247 g/mol. The van der Waals surface area contributed by atoms with Crippen molar-refractivity contribution in [2.75, 3.05) is 26.7 Å². The van der Waals surface area contributed by atoms with Crippen molar-refractivity contribution in [3.8, 4) is 0 Å². The van der Waals surface area contributed by atoms with Gasteiger partial charge in [-0.25, -0.2) is 4.39 Å². The van der Waals surface area contributed by atoms with Crippen LogP contribution in [0.4, 0.5) is 4.39 Å². The fourth-order valence-electron chi connectivity index (χ4n) is 2.33. The van der Waals surface area contributed by atoms with Gasteiger partial charge in [0.15, 0.2) is 0 Å². The largest absolute Gasteiger partial charge is 0.387 e. The van der Waals surface area contributed by atoms with Crippen LogP contribution in [0, 0.1) is 12.7 Å². The predicted molar refractivity (Wildman–Crippen MR) is 70.5 cm³/mol. The number of aliphatic hydroxyl groups is 1. The normalized spacial score (nSPS) is 22.5. The zero-order valence-electron chi connectivity index (χ0n) is 11.2. The molecule has 4 nitrogen and oxygen atoms in total. The van der Waals surface area contributed by atoms with Crippen LogP contribution >= 0.6 is 0 Å². The van der Waals surface area contributed by atoms with Gasteiger partial charge in [-0.3, -0.25) is 4.79 Å². The van der Waals surface area contributed by atoms with Gasteiger partial charge in [0, 0.05) is 19.2 Å². The lowest BCUT2D eigenvalue weighted by atomic mass is 10.0. The molecule has 0 spiro atoms. The second-order valence-corrected chi connectivity index (χ2v) is 5.28. The van der Waals surface area contributed by atoms with Gasteiger partial charge in [0.25, 0.3) is 5.91 Å². The summed E-state index contributed by atoms with van der Waals surface area (Å²) in [4.78, 5) is 13.6. The van der Waals surface area contributed by atoms with Crippen molar-refractivity contribution in [2.45, 2.75) is 18.9 Å². The molecule has 104 valence electrons. The van der Waals surface area contributed by atoms with Gasteiger partial charge in [0.1, 0.15) is 5.82 Å². The van der Waals surface area contributed by atoms with E-state index in [0.29, 0.717) is 24.1 Å². The molecule has 2 N–H and O–H groups in total. The highest BCUT2D eigenvalue weighted by Crippen LogP contribution is 2.17. The number of rotatable bonds is 3. The van der Waals surface area contributed by atoms with Crippen LogP contribution in [-0.2, 0) is 0 Å². The lowest BCUT2D eigenvalue weighted by Gasteiger charge is -2.28. The van der Waals surface area contributed by atoms with Crippen LogP contribution in [-0.4, -0.2) is 48.2 Å². The molecule has 1 saturated heterocycles. The van der Waals surface area contributed by atoms with Crippen LogP contribution in [0.25, 0.3) is 0 Å². The average molecular weight is 266 g/mol. The zero-order valence-corrected chi connectivity index (χ0v) is 11.2. The highest BCUT2D eigenvalue weighted by Gasteiger charge is 2.33. The maximum absolute atomic E-state index is 13.5. The molecule has 5 heteroatoms. The summed E-state index contributed by atoms with van der Waals surface area (Å²) in [7, 11) is 1.62. The van der Waals surface area contributed by atoms with E-state index in [2.05, 4.69) is 5.32 Å². The van der Waals surface area contributed by atoms with Gasteiger partial charge in [-0.15, -0.1) is 0 Å². The third-order valence-corrected chi connectivity index (χ3v) is 3.52. The minimum absolute atomic E-state index is 0.244. The fourth-order valence-corrected chi connectivity index (χ4v) is 2.33. The Bertz CT molecular complexity index is 484. The molecule has 0 bridgehead atoms. The summed E-state index contributed by atoms with van der Waals surface area (Å²) in [5.41, 5.74) is -0.0637. The van der Waals surface area contributed by atoms with Crippen LogP contribution in [0.3, 0.4) is 0 Å². The molecule has 1 aromatic rings. The second-order valence-electron chi connectivity index (χ2n) is 5.28. The maximum Gasteiger partial charge on any atom is 0.253 e. The first kappa shape index (κ1) is 14.0. The molecule has 1 atom stereocenters. The van der Waals surface area contributed by atoms with E-state index in [-0.39, 0.29) is 18.3 Å². The zero-order chi connectivity index (χ0) is 14.0. The van der Waals surface area contributed by atoms with Crippen LogP contribution in [0.2, 0.25) is 0 Å². The van der Waals surface area contributed by atoms with Crippen molar-refractivity contribution < 1.29 is 14.3 Å².